The number of nitrogens with one attached hydrogen (secondary N) is 1. The van der Waals surface area contributed by atoms with Crippen molar-refractivity contribution in [2.75, 3.05) is 0 Å². The molecule has 1 amide bonds. The highest BCUT2D eigenvalue weighted by Crippen LogP contribution is 2.21. The van der Waals surface area contributed by atoms with E-state index in [9.17, 15) is 13.2 Å². The number of primary sulfonamides is 1. The quantitative estimate of drug-likeness (QED) is 0.713. The molecule has 0 atom stereocenters. The molecule has 0 spiro atoms. The molecule has 1 aromatic heterocycles. The van der Waals surface area contributed by atoms with Gasteiger partial charge >= 0.3 is 0 Å². The Labute approximate surface area is 150 Å². The molecule has 3 N–H and O–H groups in total. The molecule has 0 radical (unpaired) electrons. The monoisotopic (exact) mass is 371 g/mol. The summed E-state index contributed by atoms with van der Waals surface area (Å²) in [6, 6.07) is 15.3. The summed E-state index contributed by atoms with van der Waals surface area (Å²) in [5, 5.41) is 7.79. The van der Waals surface area contributed by atoms with Crippen molar-refractivity contribution < 1.29 is 17.6 Å². The van der Waals surface area contributed by atoms with Crippen molar-refractivity contribution in [3.63, 3.8) is 0 Å². The molecule has 0 aliphatic carbocycles. The number of aryl methyl sites for hydroxylation is 1. The van der Waals surface area contributed by atoms with E-state index in [1.54, 1.807) is 19.1 Å². The summed E-state index contributed by atoms with van der Waals surface area (Å²) >= 11 is 0. The number of oxazole rings is 1. The Morgan fingerprint density at radius 1 is 1.12 bits per heavy atom. The molecule has 8 heteroatoms. The van der Waals surface area contributed by atoms with E-state index in [2.05, 4.69) is 10.3 Å². The fourth-order valence-electron chi connectivity index (χ4n) is 2.37. The summed E-state index contributed by atoms with van der Waals surface area (Å²) in [5.74, 6) is 0.431. The number of nitrogens with zero attached hydrogens (tertiary/aromatic N) is 1. The average Bonchev–Trinajstić information content (AvgIpc) is 3.02. The van der Waals surface area contributed by atoms with Gasteiger partial charge in [-0.2, -0.15) is 0 Å². The molecule has 0 fully saturated rings. The first-order valence-corrected chi connectivity index (χ1v) is 9.32. The van der Waals surface area contributed by atoms with E-state index in [1.165, 1.54) is 12.1 Å². The molecule has 0 saturated carbocycles. The van der Waals surface area contributed by atoms with E-state index >= 15 is 0 Å². The highest BCUT2D eigenvalue weighted by molar-refractivity contribution is 7.89. The third kappa shape index (κ3) is 3.98. The summed E-state index contributed by atoms with van der Waals surface area (Å²) in [4.78, 5) is 16.6. The molecule has 0 aliphatic heterocycles. The molecular weight excluding hydrogens is 354 g/mol. The van der Waals surface area contributed by atoms with Gasteiger partial charge in [0.1, 0.15) is 5.76 Å². The predicted octanol–water partition coefficient (Wildman–Crippen LogP) is 2.23. The predicted molar refractivity (Wildman–Crippen MR) is 95.7 cm³/mol. The van der Waals surface area contributed by atoms with E-state index in [-0.39, 0.29) is 23.0 Å². The maximum Gasteiger partial charge on any atom is 0.273 e. The second kappa shape index (κ2) is 7.11. The maximum atomic E-state index is 12.4. The number of nitrogens with two attached hydrogens (primary N) is 1. The SMILES string of the molecule is Cc1oc(-c2ccccc2)nc1C(=O)NCc1ccc(S(N)(=O)=O)cc1. The number of sulfonamides is 1. The number of carbonyl (C=O) groups is 1. The molecule has 0 unspecified atom stereocenters. The van der Waals surface area contributed by atoms with Gasteiger partial charge in [0.15, 0.2) is 5.69 Å². The van der Waals surface area contributed by atoms with Gasteiger partial charge in [0.25, 0.3) is 5.91 Å². The summed E-state index contributed by atoms with van der Waals surface area (Å²) in [7, 11) is -3.73. The summed E-state index contributed by atoms with van der Waals surface area (Å²) in [6.07, 6.45) is 0. The average molecular weight is 371 g/mol. The van der Waals surface area contributed by atoms with E-state index in [0.29, 0.717) is 11.7 Å². The van der Waals surface area contributed by atoms with Crippen LogP contribution in [-0.2, 0) is 16.6 Å². The maximum absolute atomic E-state index is 12.4. The highest BCUT2D eigenvalue weighted by Gasteiger charge is 2.17. The minimum atomic E-state index is -3.73. The molecule has 26 heavy (non-hydrogen) atoms. The van der Waals surface area contributed by atoms with Crippen LogP contribution in [-0.4, -0.2) is 19.3 Å². The van der Waals surface area contributed by atoms with E-state index in [1.807, 2.05) is 30.3 Å². The largest absolute Gasteiger partial charge is 0.441 e. The van der Waals surface area contributed by atoms with Crippen LogP contribution >= 0.6 is 0 Å². The smallest absolute Gasteiger partial charge is 0.273 e. The van der Waals surface area contributed by atoms with Gasteiger partial charge in [0.05, 0.1) is 4.90 Å². The molecule has 3 rings (SSSR count). The lowest BCUT2D eigenvalue weighted by Gasteiger charge is -2.05. The first-order chi connectivity index (χ1) is 12.3. The Morgan fingerprint density at radius 2 is 1.77 bits per heavy atom. The van der Waals surface area contributed by atoms with Gasteiger partial charge in [0, 0.05) is 12.1 Å². The third-order valence-corrected chi connectivity index (χ3v) is 4.67. The standard InChI is InChI=1S/C18H17N3O4S/c1-12-16(21-18(25-12)14-5-3-2-4-6-14)17(22)20-11-13-7-9-15(10-8-13)26(19,23)24/h2-10H,11H2,1H3,(H,20,22)(H2,19,23,24). The summed E-state index contributed by atoms with van der Waals surface area (Å²) < 4.78 is 28.1. The van der Waals surface area contributed by atoms with E-state index in [0.717, 1.165) is 11.1 Å². The highest BCUT2D eigenvalue weighted by atomic mass is 32.2. The molecule has 0 aliphatic rings. The van der Waals surface area contributed by atoms with Crippen LogP contribution in [0.5, 0.6) is 0 Å². The number of hydrogen-bond acceptors (Lipinski definition) is 5. The lowest BCUT2D eigenvalue weighted by Crippen LogP contribution is -2.24. The van der Waals surface area contributed by atoms with Crippen LogP contribution in [0.25, 0.3) is 11.5 Å². The Hall–Kier alpha value is -2.97. The van der Waals surface area contributed by atoms with Crippen LogP contribution < -0.4 is 10.5 Å². The van der Waals surface area contributed by atoms with Crippen LogP contribution in [0, 0.1) is 6.92 Å². The van der Waals surface area contributed by atoms with Crippen molar-refractivity contribution >= 4 is 15.9 Å². The fraction of sp³-hybridized carbons (Fsp3) is 0.111. The summed E-state index contributed by atoms with van der Waals surface area (Å²) in [6.45, 7) is 1.89. The second-order valence-electron chi connectivity index (χ2n) is 5.66. The molecule has 1 heterocycles. The topological polar surface area (TPSA) is 115 Å². The molecule has 0 saturated heterocycles. The Bertz CT molecular complexity index is 1030. The normalized spacial score (nSPS) is 11.3. The minimum absolute atomic E-state index is 0.0208. The van der Waals surface area contributed by atoms with Gasteiger partial charge in [-0.25, -0.2) is 18.5 Å². The van der Waals surface area contributed by atoms with Crippen molar-refractivity contribution in [1.82, 2.24) is 10.3 Å². The molecule has 7 nitrogen and oxygen atoms in total. The Morgan fingerprint density at radius 3 is 2.38 bits per heavy atom. The lowest BCUT2D eigenvalue weighted by atomic mass is 10.2. The molecule has 0 bridgehead atoms. The first kappa shape index (κ1) is 17.8. The number of carbonyl (C=O) groups excluding carboxylic acids is 1. The van der Waals surface area contributed by atoms with Crippen LogP contribution in [0.4, 0.5) is 0 Å². The van der Waals surface area contributed by atoms with Crippen LogP contribution in [0.2, 0.25) is 0 Å². The zero-order chi connectivity index (χ0) is 18.7. The fourth-order valence-corrected chi connectivity index (χ4v) is 2.89. The number of aromatic nitrogens is 1. The van der Waals surface area contributed by atoms with Gasteiger partial charge in [-0.1, -0.05) is 30.3 Å². The van der Waals surface area contributed by atoms with Crippen molar-refractivity contribution in [3.8, 4) is 11.5 Å². The number of amides is 1. The molecular formula is C18H17N3O4S. The van der Waals surface area contributed by atoms with Crippen molar-refractivity contribution in [2.45, 2.75) is 18.4 Å². The van der Waals surface area contributed by atoms with E-state index < -0.39 is 10.0 Å². The molecule has 3 aromatic rings. The number of hydrogen-bond donors (Lipinski definition) is 2. The van der Waals surface area contributed by atoms with E-state index in [4.69, 9.17) is 9.56 Å². The Kier molecular flexibility index (Phi) is 4.88. The van der Waals surface area contributed by atoms with Crippen molar-refractivity contribution in [2.24, 2.45) is 5.14 Å². The third-order valence-electron chi connectivity index (χ3n) is 3.74. The van der Waals surface area contributed by atoms with Crippen LogP contribution in [0.15, 0.2) is 63.9 Å². The zero-order valence-corrected chi connectivity index (χ0v) is 14.8. The van der Waals surface area contributed by atoms with Gasteiger partial charge < -0.3 is 9.73 Å². The number of rotatable bonds is 5. The Balaban J connectivity index is 1.70. The summed E-state index contributed by atoms with van der Waals surface area (Å²) in [5.41, 5.74) is 1.73. The van der Waals surface area contributed by atoms with Crippen molar-refractivity contribution in [3.05, 3.63) is 71.6 Å². The minimum Gasteiger partial charge on any atom is -0.441 e. The number of benzene rings is 2. The lowest BCUT2D eigenvalue weighted by molar-refractivity contribution is 0.0945. The van der Waals surface area contributed by atoms with Crippen molar-refractivity contribution in [1.29, 1.82) is 0 Å². The molecule has 134 valence electrons. The van der Waals surface area contributed by atoms with Gasteiger partial charge in [0.2, 0.25) is 15.9 Å². The molecule has 2 aromatic carbocycles. The van der Waals surface area contributed by atoms with Gasteiger partial charge in [-0.05, 0) is 36.8 Å². The second-order valence-corrected chi connectivity index (χ2v) is 7.22. The zero-order valence-electron chi connectivity index (χ0n) is 14.0. The van der Waals surface area contributed by atoms with Crippen LogP contribution in [0.1, 0.15) is 21.8 Å². The van der Waals surface area contributed by atoms with Crippen LogP contribution in [0.3, 0.4) is 0 Å². The van der Waals surface area contributed by atoms with Gasteiger partial charge in [-0.3, -0.25) is 4.79 Å². The van der Waals surface area contributed by atoms with Gasteiger partial charge in [-0.15, -0.1) is 0 Å². The first-order valence-electron chi connectivity index (χ1n) is 7.77.